The van der Waals surface area contributed by atoms with Crippen LogP contribution in [0.4, 0.5) is 5.69 Å². The van der Waals surface area contributed by atoms with E-state index in [2.05, 4.69) is 14.7 Å². The zero-order chi connectivity index (χ0) is 19.9. The Morgan fingerprint density at radius 3 is 2.68 bits per heavy atom. The molecule has 1 N–H and O–H groups in total. The van der Waals surface area contributed by atoms with Crippen molar-refractivity contribution in [3.05, 3.63) is 76.7 Å². The van der Waals surface area contributed by atoms with Crippen LogP contribution in [0.25, 0.3) is 17.0 Å². The maximum absolute atomic E-state index is 12.8. The minimum atomic E-state index is -3.89. The van der Waals surface area contributed by atoms with Crippen molar-refractivity contribution in [2.75, 3.05) is 4.72 Å². The molecule has 0 saturated carbocycles. The average molecular weight is 433 g/mol. The number of halogens is 2. The third kappa shape index (κ3) is 3.56. The quantitative estimate of drug-likeness (QED) is 0.501. The number of anilines is 1. The summed E-state index contributed by atoms with van der Waals surface area (Å²) in [7, 11) is -3.89. The average Bonchev–Trinajstić information content (AvgIpc) is 3.09. The second kappa shape index (κ2) is 7.09. The fourth-order valence-electron chi connectivity index (χ4n) is 2.76. The lowest BCUT2D eigenvalue weighted by molar-refractivity contribution is 0.601. The smallest absolute Gasteiger partial charge is 0.263 e. The number of sulfonamides is 1. The van der Waals surface area contributed by atoms with Gasteiger partial charge in [0.15, 0.2) is 0 Å². The number of imidazole rings is 1. The molecule has 2 heterocycles. The molecule has 4 aromatic rings. The van der Waals surface area contributed by atoms with E-state index in [1.807, 2.05) is 18.5 Å². The topological polar surface area (TPSA) is 76.4 Å². The van der Waals surface area contributed by atoms with E-state index in [1.54, 1.807) is 41.8 Å². The van der Waals surface area contributed by atoms with E-state index >= 15 is 0 Å². The maximum atomic E-state index is 12.8. The molecule has 28 heavy (non-hydrogen) atoms. The van der Waals surface area contributed by atoms with Crippen LogP contribution in [0, 0.1) is 6.92 Å². The Kier molecular flexibility index (Phi) is 4.74. The molecule has 0 aliphatic rings. The molecule has 2 aromatic heterocycles. The molecule has 4 rings (SSSR count). The number of nitrogens with zero attached hydrogens (tertiary/aromatic N) is 3. The molecule has 0 aliphatic carbocycles. The second-order valence-electron chi connectivity index (χ2n) is 6.17. The molecular weight excluding hydrogens is 419 g/mol. The van der Waals surface area contributed by atoms with Gasteiger partial charge in [-0.05, 0) is 42.8 Å². The highest BCUT2D eigenvalue weighted by Gasteiger charge is 2.20. The second-order valence-corrected chi connectivity index (χ2v) is 8.64. The van der Waals surface area contributed by atoms with Gasteiger partial charge in [-0.25, -0.2) is 18.4 Å². The molecule has 2 aromatic carbocycles. The first-order valence-corrected chi connectivity index (χ1v) is 10.5. The lowest BCUT2D eigenvalue weighted by atomic mass is 10.1. The van der Waals surface area contributed by atoms with Gasteiger partial charge in [0.1, 0.15) is 4.90 Å². The molecular formula is C19H14Cl2N4O2S. The largest absolute Gasteiger partial charge is 0.291 e. The van der Waals surface area contributed by atoms with E-state index in [1.165, 1.54) is 12.1 Å². The summed E-state index contributed by atoms with van der Waals surface area (Å²) in [5.74, 6) is 0.562. The minimum absolute atomic E-state index is 0.0293. The Hall–Kier alpha value is -2.61. The summed E-state index contributed by atoms with van der Waals surface area (Å²) in [6, 6.07) is 11.6. The summed E-state index contributed by atoms with van der Waals surface area (Å²) in [5.41, 5.74) is 2.45. The van der Waals surface area contributed by atoms with Crippen LogP contribution in [-0.4, -0.2) is 22.8 Å². The highest BCUT2D eigenvalue weighted by Crippen LogP contribution is 2.30. The highest BCUT2D eigenvalue weighted by molar-refractivity contribution is 7.92. The predicted octanol–water partition coefficient (Wildman–Crippen LogP) is 4.81. The van der Waals surface area contributed by atoms with Crippen LogP contribution in [0.15, 0.2) is 66.0 Å². The van der Waals surface area contributed by atoms with Crippen molar-refractivity contribution in [1.82, 2.24) is 14.4 Å². The number of hydrogen-bond acceptors (Lipinski definition) is 4. The van der Waals surface area contributed by atoms with Gasteiger partial charge in [-0.1, -0.05) is 35.3 Å². The molecule has 142 valence electrons. The van der Waals surface area contributed by atoms with Crippen LogP contribution in [0.2, 0.25) is 10.0 Å². The van der Waals surface area contributed by atoms with Crippen molar-refractivity contribution in [3.63, 3.8) is 0 Å². The number of hydrogen-bond donors (Lipinski definition) is 1. The van der Waals surface area contributed by atoms with Crippen LogP contribution in [-0.2, 0) is 10.0 Å². The number of rotatable bonds is 4. The van der Waals surface area contributed by atoms with Crippen molar-refractivity contribution in [3.8, 4) is 11.3 Å². The van der Waals surface area contributed by atoms with Crippen molar-refractivity contribution >= 4 is 44.7 Å². The molecule has 0 atom stereocenters. The molecule has 0 bridgehead atoms. The molecule has 0 aliphatic heterocycles. The fraction of sp³-hybridized carbons (Fsp3) is 0.0526. The van der Waals surface area contributed by atoms with Gasteiger partial charge in [-0.15, -0.1) is 0 Å². The molecule has 9 heteroatoms. The Morgan fingerprint density at radius 2 is 1.89 bits per heavy atom. The van der Waals surface area contributed by atoms with E-state index in [9.17, 15) is 8.42 Å². The van der Waals surface area contributed by atoms with E-state index in [4.69, 9.17) is 23.2 Å². The maximum Gasteiger partial charge on any atom is 0.263 e. The van der Waals surface area contributed by atoms with Crippen molar-refractivity contribution < 1.29 is 8.42 Å². The van der Waals surface area contributed by atoms with Gasteiger partial charge < -0.3 is 0 Å². The van der Waals surface area contributed by atoms with Crippen LogP contribution in [0.5, 0.6) is 0 Å². The van der Waals surface area contributed by atoms with Crippen LogP contribution >= 0.6 is 23.2 Å². The van der Waals surface area contributed by atoms with Gasteiger partial charge in [0.25, 0.3) is 10.0 Å². The lowest BCUT2D eigenvalue weighted by Gasteiger charge is -2.11. The summed E-state index contributed by atoms with van der Waals surface area (Å²) in [6.45, 7) is 1.72. The standard InChI is InChI=1S/C19H14Cl2N4O2S/c1-12-8-18(16(21)10-15(12)20)28(26,27)24-14-5-2-4-13(9-14)17-11-25-7-3-6-22-19(25)23-17/h2-11,24H,1H3. The first kappa shape index (κ1) is 18.7. The normalized spacial score (nSPS) is 11.7. The Morgan fingerprint density at radius 1 is 1.07 bits per heavy atom. The zero-order valence-electron chi connectivity index (χ0n) is 14.6. The van der Waals surface area contributed by atoms with Gasteiger partial charge in [0.05, 0.1) is 10.7 Å². The molecule has 0 amide bonds. The Balaban J connectivity index is 1.69. The number of fused-ring (bicyclic) bond motifs is 1. The van der Waals surface area contributed by atoms with Gasteiger partial charge in [0.2, 0.25) is 5.78 Å². The van der Waals surface area contributed by atoms with Gasteiger partial charge in [0, 0.05) is 34.9 Å². The van der Waals surface area contributed by atoms with Crippen molar-refractivity contribution in [2.24, 2.45) is 0 Å². The van der Waals surface area contributed by atoms with E-state index < -0.39 is 10.0 Å². The van der Waals surface area contributed by atoms with Crippen molar-refractivity contribution in [2.45, 2.75) is 11.8 Å². The molecule has 0 spiro atoms. The first-order valence-electron chi connectivity index (χ1n) is 8.22. The number of aromatic nitrogens is 3. The molecule has 0 fully saturated rings. The van der Waals surface area contributed by atoms with Gasteiger partial charge in [-0.3, -0.25) is 9.12 Å². The predicted molar refractivity (Wildman–Crippen MR) is 110 cm³/mol. The van der Waals surface area contributed by atoms with E-state index in [-0.39, 0.29) is 9.92 Å². The molecule has 0 unspecified atom stereocenters. The number of aryl methyl sites for hydroxylation is 1. The monoisotopic (exact) mass is 432 g/mol. The lowest BCUT2D eigenvalue weighted by Crippen LogP contribution is -2.13. The SMILES string of the molecule is Cc1cc(S(=O)(=O)Nc2cccc(-c3cn4cccnc4n3)c2)c(Cl)cc1Cl. The van der Waals surface area contributed by atoms with E-state index in [0.717, 1.165) is 5.56 Å². The summed E-state index contributed by atoms with van der Waals surface area (Å²) in [5, 5.41) is 0.470. The molecule has 6 nitrogen and oxygen atoms in total. The van der Waals surface area contributed by atoms with Crippen LogP contribution in [0.1, 0.15) is 5.56 Å². The summed E-state index contributed by atoms with van der Waals surface area (Å²) < 4.78 is 30.0. The third-order valence-corrected chi connectivity index (χ3v) is 6.40. The summed E-state index contributed by atoms with van der Waals surface area (Å²) in [4.78, 5) is 8.61. The van der Waals surface area contributed by atoms with Crippen LogP contribution < -0.4 is 4.72 Å². The van der Waals surface area contributed by atoms with Gasteiger partial charge in [-0.2, -0.15) is 0 Å². The molecule has 0 radical (unpaired) electrons. The third-order valence-electron chi connectivity index (χ3n) is 4.15. The minimum Gasteiger partial charge on any atom is -0.291 e. The Labute approximate surface area is 171 Å². The fourth-order valence-corrected chi connectivity index (χ4v) is 4.64. The summed E-state index contributed by atoms with van der Waals surface area (Å²) >= 11 is 12.1. The summed E-state index contributed by atoms with van der Waals surface area (Å²) in [6.07, 6.45) is 5.33. The van der Waals surface area contributed by atoms with Crippen LogP contribution in [0.3, 0.4) is 0 Å². The van der Waals surface area contributed by atoms with Gasteiger partial charge >= 0.3 is 0 Å². The zero-order valence-corrected chi connectivity index (χ0v) is 16.9. The number of nitrogens with one attached hydrogen (secondary N) is 1. The number of benzene rings is 2. The highest BCUT2D eigenvalue weighted by atomic mass is 35.5. The molecule has 0 saturated heterocycles. The first-order chi connectivity index (χ1) is 13.3. The Bertz CT molecular complexity index is 1270. The van der Waals surface area contributed by atoms with E-state index in [0.29, 0.717) is 27.7 Å². The van der Waals surface area contributed by atoms with Crippen molar-refractivity contribution in [1.29, 1.82) is 0 Å².